The van der Waals surface area contributed by atoms with E-state index in [1.807, 2.05) is 78.2 Å². The van der Waals surface area contributed by atoms with Crippen LogP contribution in [0.25, 0.3) is 11.6 Å². The fraction of sp³-hybridized carbons (Fsp3) is 0.148. The Morgan fingerprint density at radius 3 is 2.63 bits per heavy atom. The fourth-order valence-corrected chi connectivity index (χ4v) is 4.11. The van der Waals surface area contributed by atoms with Gasteiger partial charge in [-0.1, -0.05) is 53.7 Å². The van der Waals surface area contributed by atoms with Gasteiger partial charge in [0.05, 0.1) is 12.1 Å². The molecule has 35 heavy (non-hydrogen) atoms. The Labute approximate surface area is 207 Å². The normalized spacial score (nSPS) is 11.2. The topological polar surface area (TPSA) is 84.7 Å². The second-order valence-corrected chi connectivity index (χ2v) is 8.86. The molecule has 7 nitrogen and oxygen atoms in total. The van der Waals surface area contributed by atoms with Crippen LogP contribution in [0, 0.1) is 6.92 Å². The number of hydrogen-bond acceptors (Lipinski definition) is 6. The standard InChI is InChI=1S/C27H25N3O4S/c1-19-14-25(29-34-19)28-26(31)17-30(2)27(32)23(24-12-7-13-35-24)16-21-10-6-11-22(15-21)33-18-20-8-4-3-5-9-20/h3-16H,17-18H2,1-2H3,(H,28,29,31)/b23-16+. The van der Waals surface area contributed by atoms with Crippen LogP contribution in [0.1, 0.15) is 21.8 Å². The quantitative estimate of drug-likeness (QED) is 0.326. The highest BCUT2D eigenvalue weighted by molar-refractivity contribution is 7.11. The van der Waals surface area contributed by atoms with Crippen molar-refractivity contribution in [2.75, 3.05) is 18.9 Å². The van der Waals surface area contributed by atoms with E-state index >= 15 is 0 Å². The summed E-state index contributed by atoms with van der Waals surface area (Å²) in [4.78, 5) is 28.0. The summed E-state index contributed by atoms with van der Waals surface area (Å²) in [6.07, 6.45) is 1.82. The van der Waals surface area contributed by atoms with Crippen LogP contribution in [0.2, 0.25) is 0 Å². The van der Waals surface area contributed by atoms with Gasteiger partial charge in [0.1, 0.15) is 18.1 Å². The number of ether oxygens (including phenoxy) is 1. The summed E-state index contributed by atoms with van der Waals surface area (Å²) >= 11 is 1.46. The molecule has 1 N–H and O–H groups in total. The smallest absolute Gasteiger partial charge is 0.255 e. The summed E-state index contributed by atoms with van der Waals surface area (Å²) in [5, 5.41) is 8.30. The molecule has 0 fully saturated rings. The van der Waals surface area contributed by atoms with Crippen molar-refractivity contribution in [1.29, 1.82) is 0 Å². The molecule has 178 valence electrons. The zero-order chi connectivity index (χ0) is 24.6. The van der Waals surface area contributed by atoms with E-state index in [0.29, 0.717) is 29.5 Å². The van der Waals surface area contributed by atoms with Crippen LogP contribution < -0.4 is 10.1 Å². The van der Waals surface area contributed by atoms with Gasteiger partial charge in [0, 0.05) is 18.0 Å². The summed E-state index contributed by atoms with van der Waals surface area (Å²) < 4.78 is 10.9. The van der Waals surface area contributed by atoms with Crippen LogP contribution in [0.15, 0.2) is 82.7 Å². The van der Waals surface area contributed by atoms with E-state index in [2.05, 4.69) is 10.5 Å². The maximum absolute atomic E-state index is 13.4. The fourth-order valence-electron chi connectivity index (χ4n) is 3.37. The van der Waals surface area contributed by atoms with Crippen molar-refractivity contribution in [2.45, 2.75) is 13.5 Å². The maximum Gasteiger partial charge on any atom is 0.255 e. The number of benzene rings is 2. The van der Waals surface area contributed by atoms with E-state index in [1.54, 1.807) is 20.0 Å². The van der Waals surface area contributed by atoms with Crippen LogP contribution >= 0.6 is 11.3 Å². The predicted octanol–water partition coefficient (Wildman–Crippen LogP) is 5.26. The van der Waals surface area contributed by atoms with Gasteiger partial charge in [0.15, 0.2) is 5.82 Å². The minimum absolute atomic E-state index is 0.131. The van der Waals surface area contributed by atoms with Crippen molar-refractivity contribution in [2.24, 2.45) is 0 Å². The van der Waals surface area contributed by atoms with Crippen LogP contribution in [0.4, 0.5) is 5.82 Å². The minimum atomic E-state index is -0.365. The van der Waals surface area contributed by atoms with Crippen molar-refractivity contribution in [1.82, 2.24) is 10.1 Å². The van der Waals surface area contributed by atoms with Gasteiger partial charge in [-0.25, -0.2) is 0 Å². The Bertz CT molecular complexity index is 1310. The average molecular weight is 488 g/mol. The molecule has 0 aliphatic carbocycles. The zero-order valence-electron chi connectivity index (χ0n) is 19.4. The molecule has 0 bridgehead atoms. The maximum atomic E-state index is 13.4. The Kier molecular flexibility index (Phi) is 7.74. The lowest BCUT2D eigenvalue weighted by atomic mass is 10.1. The number of hydrogen-bond donors (Lipinski definition) is 1. The summed E-state index contributed by atoms with van der Waals surface area (Å²) in [6, 6.07) is 22.9. The lowest BCUT2D eigenvalue weighted by Crippen LogP contribution is -2.35. The number of anilines is 1. The summed E-state index contributed by atoms with van der Waals surface area (Å²) in [6.45, 7) is 2.05. The first-order chi connectivity index (χ1) is 17.0. The van der Waals surface area contributed by atoms with E-state index in [9.17, 15) is 9.59 Å². The largest absolute Gasteiger partial charge is 0.489 e. The molecule has 0 atom stereocenters. The van der Waals surface area contributed by atoms with Crippen LogP contribution in [-0.4, -0.2) is 35.5 Å². The highest BCUT2D eigenvalue weighted by Gasteiger charge is 2.20. The van der Waals surface area contributed by atoms with Crippen LogP contribution in [0.3, 0.4) is 0 Å². The predicted molar refractivity (Wildman–Crippen MR) is 137 cm³/mol. The molecular formula is C27H25N3O4S. The van der Waals surface area contributed by atoms with Gasteiger partial charge >= 0.3 is 0 Å². The number of likely N-dealkylation sites (N-methyl/N-ethyl adjacent to an activating group) is 1. The molecule has 0 radical (unpaired) electrons. The highest BCUT2D eigenvalue weighted by atomic mass is 32.1. The van der Waals surface area contributed by atoms with Crippen LogP contribution in [0.5, 0.6) is 5.75 Å². The SMILES string of the molecule is Cc1cc(NC(=O)CN(C)C(=O)/C(=C/c2cccc(OCc3ccccc3)c2)c2cccs2)no1. The number of nitrogens with zero attached hydrogens (tertiary/aromatic N) is 2. The molecule has 4 aromatic rings. The minimum Gasteiger partial charge on any atom is -0.489 e. The van der Waals surface area contributed by atoms with E-state index in [4.69, 9.17) is 9.26 Å². The first-order valence-corrected chi connectivity index (χ1v) is 11.9. The van der Waals surface area contributed by atoms with Gasteiger partial charge < -0.3 is 19.5 Å². The van der Waals surface area contributed by atoms with Gasteiger partial charge in [0.25, 0.3) is 5.91 Å². The molecule has 2 heterocycles. The lowest BCUT2D eigenvalue weighted by molar-refractivity contribution is -0.128. The third-order valence-electron chi connectivity index (χ3n) is 5.06. The number of amides is 2. The average Bonchev–Trinajstić information content (AvgIpc) is 3.53. The second kappa shape index (κ2) is 11.3. The molecule has 0 spiro atoms. The number of rotatable bonds is 9. The van der Waals surface area contributed by atoms with E-state index in [-0.39, 0.29) is 18.4 Å². The first-order valence-electron chi connectivity index (χ1n) is 11.0. The Morgan fingerprint density at radius 2 is 1.91 bits per heavy atom. The van der Waals surface area contributed by atoms with Gasteiger partial charge in [-0.2, -0.15) is 0 Å². The second-order valence-electron chi connectivity index (χ2n) is 7.91. The summed E-state index contributed by atoms with van der Waals surface area (Å²) in [5.74, 6) is 0.971. The van der Waals surface area contributed by atoms with Crippen molar-refractivity contribution >= 4 is 40.6 Å². The molecule has 2 aromatic heterocycles. The van der Waals surface area contributed by atoms with Gasteiger partial charge in [0.2, 0.25) is 5.91 Å². The third kappa shape index (κ3) is 6.68. The van der Waals surface area contributed by atoms with Gasteiger partial charge in [-0.05, 0) is 47.7 Å². The van der Waals surface area contributed by atoms with E-state index in [0.717, 1.165) is 16.0 Å². The monoisotopic (exact) mass is 487 g/mol. The van der Waals surface area contributed by atoms with Gasteiger partial charge in [-0.15, -0.1) is 11.3 Å². The van der Waals surface area contributed by atoms with Crippen molar-refractivity contribution in [3.05, 3.63) is 99.9 Å². The lowest BCUT2D eigenvalue weighted by Gasteiger charge is -2.18. The molecule has 0 saturated heterocycles. The first kappa shape index (κ1) is 24.0. The Balaban J connectivity index is 1.49. The van der Waals surface area contributed by atoms with Crippen molar-refractivity contribution in [3.8, 4) is 5.75 Å². The number of carbonyl (C=O) groups is 2. The van der Waals surface area contributed by atoms with Gasteiger partial charge in [-0.3, -0.25) is 9.59 Å². The Hall–Kier alpha value is -4.17. The number of aromatic nitrogens is 1. The highest BCUT2D eigenvalue weighted by Crippen LogP contribution is 2.26. The molecule has 0 aliphatic heterocycles. The number of nitrogens with one attached hydrogen (secondary N) is 1. The summed E-state index contributed by atoms with van der Waals surface area (Å²) in [7, 11) is 1.59. The molecule has 2 amide bonds. The van der Waals surface area contributed by atoms with Crippen LogP contribution in [-0.2, 0) is 16.2 Å². The molecule has 2 aromatic carbocycles. The Morgan fingerprint density at radius 1 is 1.09 bits per heavy atom. The zero-order valence-corrected chi connectivity index (χ0v) is 20.2. The number of aryl methyl sites for hydroxylation is 1. The molecule has 0 saturated carbocycles. The van der Waals surface area contributed by atoms with Crippen molar-refractivity contribution in [3.63, 3.8) is 0 Å². The molecule has 8 heteroatoms. The van der Waals surface area contributed by atoms with E-state index in [1.165, 1.54) is 16.2 Å². The number of thiophene rings is 1. The molecule has 0 aliphatic rings. The molecule has 4 rings (SSSR count). The number of carbonyl (C=O) groups excluding carboxylic acids is 2. The van der Waals surface area contributed by atoms with Crippen molar-refractivity contribution < 1.29 is 18.8 Å². The van der Waals surface area contributed by atoms with E-state index < -0.39 is 0 Å². The third-order valence-corrected chi connectivity index (χ3v) is 5.96. The summed E-state index contributed by atoms with van der Waals surface area (Å²) in [5.41, 5.74) is 2.39. The molecular weight excluding hydrogens is 462 g/mol. The molecule has 0 unspecified atom stereocenters.